The molecule has 7 fully saturated rings. The fraction of sp³-hybridized carbons (Fsp3) is 0.963. The summed E-state index contributed by atoms with van der Waals surface area (Å²) in [7, 11) is 0. The zero-order chi connectivity index (χ0) is 58.4. The van der Waals surface area contributed by atoms with Crippen LogP contribution in [0.25, 0.3) is 0 Å². The Kier molecular flexibility index (Phi) is 19.3. The van der Waals surface area contributed by atoms with E-state index < -0.39 is 201 Å². The average Bonchev–Trinajstić information content (AvgIpc) is 3.75. The molecule has 0 aromatic heterocycles. The van der Waals surface area contributed by atoms with Crippen molar-refractivity contribution in [3.8, 4) is 0 Å². The van der Waals surface area contributed by atoms with Crippen LogP contribution in [0.3, 0.4) is 0 Å². The molecule has 458 valence electrons. The normalized spacial score (nSPS) is 51.4. The highest BCUT2D eigenvalue weighted by Crippen LogP contribution is 2.75. The van der Waals surface area contributed by atoms with Crippen molar-refractivity contribution in [3.05, 3.63) is 11.6 Å². The number of hydrogen-bond acceptors (Lipinski definition) is 25. The molecule has 4 aliphatic carbocycles. The van der Waals surface area contributed by atoms with Gasteiger partial charge in [0.2, 0.25) is 0 Å². The molecule has 25 heteroatoms. The molecule has 8 rings (SSSR count). The summed E-state index contributed by atoms with van der Waals surface area (Å²) >= 11 is 0. The van der Waals surface area contributed by atoms with Gasteiger partial charge < -0.3 is 125 Å². The Hall–Kier alpha value is -1.26. The maximum absolute atomic E-state index is 12.7. The fourth-order valence-corrected chi connectivity index (χ4v) is 15.5. The molecule has 4 heterocycles. The van der Waals surface area contributed by atoms with Crippen molar-refractivity contribution in [2.24, 2.45) is 45.3 Å². The van der Waals surface area contributed by atoms with Gasteiger partial charge in [0, 0.05) is 17.3 Å². The van der Waals surface area contributed by atoms with Crippen LogP contribution in [0, 0.1) is 45.3 Å². The van der Waals surface area contributed by atoms with Crippen molar-refractivity contribution in [2.75, 3.05) is 26.4 Å². The van der Waals surface area contributed by atoms with Crippen molar-refractivity contribution in [3.63, 3.8) is 0 Å². The van der Waals surface area contributed by atoms with Gasteiger partial charge >= 0.3 is 0 Å². The van der Waals surface area contributed by atoms with Gasteiger partial charge in [0.15, 0.2) is 25.2 Å². The lowest BCUT2D eigenvalue weighted by atomic mass is 9.38. The van der Waals surface area contributed by atoms with Gasteiger partial charge in [-0.1, -0.05) is 53.2 Å². The second kappa shape index (κ2) is 23.9. The summed E-state index contributed by atoms with van der Waals surface area (Å²) in [5.41, 5.74) is -2.65. The smallest absolute Gasteiger partial charge is 0.187 e. The van der Waals surface area contributed by atoms with E-state index in [4.69, 9.17) is 37.9 Å². The molecule has 0 aromatic rings. The largest absolute Gasteiger partial charge is 0.394 e. The van der Waals surface area contributed by atoms with E-state index >= 15 is 0 Å². The Morgan fingerprint density at radius 2 is 1.05 bits per heavy atom. The second-order valence-corrected chi connectivity index (χ2v) is 26.0. The molecule has 8 aliphatic rings. The van der Waals surface area contributed by atoms with Gasteiger partial charge in [-0.15, -0.1) is 0 Å². The van der Waals surface area contributed by atoms with E-state index in [0.717, 1.165) is 18.4 Å². The summed E-state index contributed by atoms with van der Waals surface area (Å²) in [5.74, 6) is -0.589. The number of rotatable bonds is 17. The minimum Gasteiger partial charge on any atom is -0.394 e. The Balaban J connectivity index is 0.923. The third-order valence-corrected chi connectivity index (χ3v) is 20.9. The van der Waals surface area contributed by atoms with Crippen molar-refractivity contribution in [2.45, 2.75) is 253 Å². The van der Waals surface area contributed by atoms with E-state index in [1.165, 1.54) is 13.8 Å². The predicted molar refractivity (Wildman–Crippen MR) is 269 cm³/mol. The molecule has 31 atom stereocenters. The van der Waals surface area contributed by atoms with Crippen LogP contribution in [0.5, 0.6) is 0 Å². The lowest BCUT2D eigenvalue weighted by Gasteiger charge is -2.67. The Morgan fingerprint density at radius 3 is 1.54 bits per heavy atom. The van der Waals surface area contributed by atoms with E-state index in [2.05, 4.69) is 26.8 Å². The molecular formula is C54H92O25. The molecular weight excluding hydrogens is 1050 g/mol. The topological polar surface area (TPSA) is 418 Å². The van der Waals surface area contributed by atoms with Gasteiger partial charge in [-0.25, -0.2) is 0 Å². The molecule has 0 amide bonds. The summed E-state index contributed by atoms with van der Waals surface area (Å²) < 4.78 is 46.7. The van der Waals surface area contributed by atoms with Crippen molar-refractivity contribution in [1.29, 1.82) is 0 Å². The molecule has 0 aromatic carbocycles. The molecule has 3 saturated carbocycles. The van der Waals surface area contributed by atoms with E-state index in [1.54, 1.807) is 0 Å². The summed E-state index contributed by atoms with van der Waals surface area (Å²) in [6, 6.07) is 0. The molecule has 0 radical (unpaired) electrons. The van der Waals surface area contributed by atoms with Crippen molar-refractivity contribution < 1.29 is 125 Å². The zero-order valence-corrected chi connectivity index (χ0v) is 46.4. The monoisotopic (exact) mass is 1140 g/mol. The predicted octanol–water partition coefficient (Wildman–Crippen LogP) is -4.26. The van der Waals surface area contributed by atoms with E-state index in [0.29, 0.717) is 25.7 Å². The Labute approximate surface area is 460 Å². The third kappa shape index (κ3) is 11.3. The number of allylic oxidation sites excluding steroid dienone is 1. The van der Waals surface area contributed by atoms with Crippen LogP contribution in [0.1, 0.15) is 100 Å². The van der Waals surface area contributed by atoms with Crippen LogP contribution < -0.4 is 0 Å². The number of ether oxygens (including phenoxy) is 8. The van der Waals surface area contributed by atoms with Gasteiger partial charge in [0.1, 0.15) is 97.7 Å². The Morgan fingerprint density at radius 1 is 0.595 bits per heavy atom. The second-order valence-electron chi connectivity index (χ2n) is 26.0. The SMILES string of the molecule is C[C@@H]([C@H]1CC[C@@]2(C)[C@@H]3CC=C4[C@@H](CC[C@H](O[C@@H]5O[C@H](CO[C@@H]6O[C@H](CO)[C@@H](O)[C@H](O)[C@H]6O)[C@@H](O)[C@H](O)[C@H]5O)C4(C)C)[C@]3(C)[C@H](O)C[C@]12C)[C@@H](O)C[C@@H](O[C@@H]1O[C@H](CO[C@@H]2O[C@H](CO)[C@@H](O)[C@H](O)[C@H]2O)[C@@H](O)[C@H](O)[C@H]1O)C(C)(C)O. The van der Waals surface area contributed by atoms with Crippen LogP contribution in [0.2, 0.25) is 0 Å². The van der Waals surface area contributed by atoms with E-state index in [1.807, 2.05) is 20.8 Å². The molecule has 25 nitrogen and oxygen atoms in total. The molecule has 79 heavy (non-hydrogen) atoms. The highest BCUT2D eigenvalue weighted by atomic mass is 16.7. The van der Waals surface area contributed by atoms with Crippen LogP contribution in [-0.2, 0) is 37.9 Å². The molecule has 17 N–H and O–H groups in total. The van der Waals surface area contributed by atoms with Crippen LogP contribution in [0.4, 0.5) is 0 Å². The van der Waals surface area contributed by atoms with Gasteiger partial charge in [-0.05, 0) is 86.9 Å². The van der Waals surface area contributed by atoms with E-state index in [-0.39, 0.29) is 29.6 Å². The maximum Gasteiger partial charge on any atom is 0.187 e. The standard InChI is InChI=1S/C54H92O25/c1-21(25(57)15-33(51(4,5)71)79-49-45(70)41(66)37(62)29(77-49)20-73-47-43(68)39(64)35(60)27(18-56)75-47)22-13-14-52(6)30-11-9-23-24(54(30,8)31(58)16-53(22,52)7)10-12-32(50(23,2)3)78-48-44(69)40(65)36(61)28(76-48)19-72-46-42(67)38(63)34(59)26(17-55)74-46/h9,21-22,24-49,55-71H,10-20H2,1-8H3/t21-,22+,24+,25-,26+,27+,28+,29+,30-,31+,32-,33+,34+,35+,36+,37+,38-,39-,40-,41-,42+,43+,44+,45+,46+,47+,48-,49-,52-,53+,54-/m0/s1. The Bertz CT molecular complexity index is 2060. The first kappa shape index (κ1) is 63.8. The molecule has 0 unspecified atom stereocenters. The molecule has 4 saturated heterocycles. The van der Waals surface area contributed by atoms with Crippen LogP contribution in [-0.4, -0.2) is 266 Å². The van der Waals surface area contributed by atoms with Crippen LogP contribution >= 0.6 is 0 Å². The van der Waals surface area contributed by atoms with Crippen molar-refractivity contribution in [1.82, 2.24) is 0 Å². The molecule has 4 aliphatic heterocycles. The first-order valence-electron chi connectivity index (χ1n) is 28.1. The lowest BCUT2D eigenvalue weighted by Crippen LogP contribution is -2.65. The van der Waals surface area contributed by atoms with Gasteiger partial charge in [0.25, 0.3) is 0 Å². The van der Waals surface area contributed by atoms with Gasteiger partial charge in [-0.2, -0.15) is 0 Å². The highest BCUT2D eigenvalue weighted by molar-refractivity contribution is 5.32. The maximum atomic E-state index is 12.7. The quantitative estimate of drug-likeness (QED) is 0.0613. The van der Waals surface area contributed by atoms with E-state index in [9.17, 15) is 86.8 Å². The first-order chi connectivity index (χ1) is 36.8. The third-order valence-electron chi connectivity index (χ3n) is 20.9. The average molecular weight is 1140 g/mol. The lowest BCUT2D eigenvalue weighted by molar-refractivity contribution is -0.342. The first-order valence-corrected chi connectivity index (χ1v) is 28.1. The number of fused-ring (bicyclic) bond motifs is 5. The van der Waals surface area contributed by atoms with Crippen LogP contribution in [0.15, 0.2) is 11.6 Å². The minimum absolute atomic E-state index is 0.00602. The van der Waals surface area contributed by atoms with Gasteiger partial charge in [0.05, 0.1) is 56.4 Å². The molecule has 0 spiro atoms. The summed E-state index contributed by atoms with van der Waals surface area (Å²) in [5, 5.41) is 183. The fourth-order valence-electron chi connectivity index (χ4n) is 15.5. The summed E-state index contributed by atoms with van der Waals surface area (Å²) in [6.07, 6.45) is -30.0. The van der Waals surface area contributed by atoms with Gasteiger partial charge in [-0.3, -0.25) is 0 Å². The number of aliphatic hydroxyl groups is 17. The summed E-state index contributed by atoms with van der Waals surface area (Å²) in [6.45, 7) is 13.1. The number of hydrogen-bond donors (Lipinski definition) is 17. The molecule has 0 bridgehead atoms. The minimum atomic E-state index is -1.84. The number of aliphatic hydroxyl groups excluding tert-OH is 16. The van der Waals surface area contributed by atoms with Crippen molar-refractivity contribution >= 4 is 0 Å². The zero-order valence-electron chi connectivity index (χ0n) is 46.4. The highest BCUT2D eigenvalue weighted by Gasteiger charge is 2.71. The summed E-state index contributed by atoms with van der Waals surface area (Å²) in [4.78, 5) is 0.